The van der Waals surface area contributed by atoms with Gasteiger partial charge in [-0.15, -0.1) is 0 Å². The zero-order chi connectivity index (χ0) is 9.26. The van der Waals surface area contributed by atoms with E-state index in [2.05, 4.69) is 5.16 Å². The third-order valence-electron chi connectivity index (χ3n) is 2.49. The van der Waals surface area contributed by atoms with Gasteiger partial charge in [-0.3, -0.25) is 0 Å². The van der Waals surface area contributed by atoms with Crippen LogP contribution in [0.3, 0.4) is 0 Å². The van der Waals surface area contributed by atoms with Crippen LogP contribution in [0.1, 0.15) is 24.3 Å². The van der Waals surface area contributed by atoms with Crippen molar-refractivity contribution in [3.8, 4) is 0 Å². The molecule has 68 valence electrons. The summed E-state index contributed by atoms with van der Waals surface area (Å²) in [5.74, 6) is 0.308. The number of hydrogen-bond acceptors (Lipinski definition) is 2. The zero-order valence-corrected chi connectivity index (χ0v) is 7.83. The molecule has 3 heteroatoms. The van der Waals surface area contributed by atoms with Crippen molar-refractivity contribution in [2.75, 3.05) is 0 Å². The van der Waals surface area contributed by atoms with E-state index in [1.54, 1.807) is 0 Å². The molecule has 0 amide bonds. The van der Waals surface area contributed by atoms with Crippen molar-refractivity contribution in [3.63, 3.8) is 0 Å². The van der Waals surface area contributed by atoms with Crippen molar-refractivity contribution >= 4 is 17.3 Å². The summed E-state index contributed by atoms with van der Waals surface area (Å²) in [5, 5.41) is 12.6. The van der Waals surface area contributed by atoms with Gasteiger partial charge in [-0.2, -0.15) is 0 Å². The van der Waals surface area contributed by atoms with Crippen LogP contribution in [0, 0.1) is 0 Å². The van der Waals surface area contributed by atoms with E-state index >= 15 is 0 Å². The van der Waals surface area contributed by atoms with Gasteiger partial charge in [-0.25, -0.2) is 0 Å². The summed E-state index contributed by atoms with van der Waals surface area (Å²) in [4.78, 5) is 0. The van der Waals surface area contributed by atoms with Gasteiger partial charge in [0, 0.05) is 10.9 Å². The van der Waals surface area contributed by atoms with Crippen LogP contribution in [0.25, 0.3) is 0 Å². The Labute approximate surface area is 81.8 Å². The van der Waals surface area contributed by atoms with E-state index in [1.165, 1.54) is 5.56 Å². The van der Waals surface area contributed by atoms with Gasteiger partial charge >= 0.3 is 0 Å². The molecular formula is C10H10ClNO. The lowest BCUT2D eigenvalue weighted by atomic mass is 9.78. The third kappa shape index (κ3) is 1.54. The minimum absolute atomic E-state index is 0.308. The fourth-order valence-corrected chi connectivity index (χ4v) is 1.72. The van der Waals surface area contributed by atoms with Crippen molar-refractivity contribution in [1.29, 1.82) is 0 Å². The lowest BCUT2D eigenvalue weighted by molar-refractivity contribution is 0.310. The number of hydrogen-bond donors (Lipinski definition) is 1. The van der Waals surface area contributed by atoms with E-state index in [-0.39, 0.29) is 0 Å². The number of benzene rings is 1. The average Bonchev–Trinajstić information content (AvgIpc) is 2.08. The Balaban J connectivity index is 2.22. The Morgan fingerprint density at radius 2 is 2.00 bits per heavy atom. The molecule has 0 heterocycles. The maximum Gasteiger partial charge on any atom is 0.0645 e. The summed E-state index contributed by atoms with van der Waals surface area (Å²) in [6.45, 7) is 0. The molecule has 0 saturated heterocycles. The van der Waals surface area contributed by atoms with E-state index in [4.69, 9.17) is 16.8 Å². The molecule has 0 bridgehead atoms. The van der Waals surface area contributed by atoms with Crippen LogP contribution in [0.15, 0.2) is 29.4 Å². The van der Waals surface area contributed by atoms with Gasteiger partial charge in [0.05, 0.1) is 5.71 Å². The second kappa shape index (κ2) is 3.38. The molecular weight excluding hydrogens is 186 g/mol. The Kier molecular flexibility index (Phi) is 2.23. The molecule has 1 aromatic rings. The lowest BCUT2D eigenvalue weighted by Crippen LogP contribution is -2.23. The molecule has 1 N–H and O–H groups in total. The normalized spacial score (nSPS) is 24.4. The van der Waals surface area contributed by atoms with Gasteiger partial charge < -0.3 is 5.21 Å². The monoisotopic (exact) mass is 195 g/mol. The number of rotatable bonds is 1. The molecule has 2 rings (SSSR count). The second-order valence-corrected chi connectivity index (χ2v) is 3.67. The van der Waals surface area contributed by atoms with Gasteiger partial charge in [0.25, 0.3) is 0 Å². The first-order valence-corrected chi connectivity index (χ1v) is 4.65. The molecule has 0 radical (unpaired) electrons. The first-order valence-electron chi connectivity index (χ1n) is 4.27. The van der Waals surface area contributed by atoms with E-state index in [0.29, 0.717) is 5.92 Å². The largest absolute Gasteiger partial charge is 0.411 e. The van der Waals surface area contributed by atoms with Gasteiger partial charge in [-0.05, 0) is 30.5 Å². The summed E-state index contributed by atoms with van der Waals surface area (Å²) in [6.07, 6.45) is 1.98. The molecule has 1 atom stereocenters. The second-order valence-electron chi connectivity index (χ2n) is 3.23. The minimum atomic E-state index is 0.308. The molecule has 0 aliphatic heterocycles. The molecule has 1 aromatic carbocycles. The van der Waals surface area contributed by atoms with Crippen molar-refractivity contribution in [2.24, 2.45) is 5.16 Å². The van der Waals surface area contributed by atoms with Crippen molar-refractivity contribution < 1.29 is 5.21 Å². The molecule has 2 nitrogen and oxygen atoms in total. The van der Waals surface area contributed by atoms with E-state index < -0.39 is 0 Å². The van der Waals surface area contributed by atoms with Crippen molar-refractivity contribution in [3.05, 3.63) is 34.9 Å². The first kappa shape index (κ1) is 8.57. The van der Waals surface area contributed by atoms with Crippen LogP contribution in [0.5, 0.6) is 0 Å². The lowest BCUT2D eigenvalue weighted by Gasteiger charge is -2.27. The van der Waals surface area contributed by atoms with E-state index in [1.807, 2.05) is 24.3 Å². The maximum atomic E-state index is 8.63. The predicted octanol–water partition coefficient (Wildman–Crippen LogP) is 3.05. The summed E-state index contributed by atoms with van der Waals surface area (Å²) in [7, 11) is 0. The minimum Gasteiger partial charge on any atom is -0.411 e. The Morgan fingerprint density at radius 3 is 2.46 bits per heavy atom. The van der Waals surface area contributed by atoms with Crippen LogP contribution in [-0.4, -0.2) is 10.9 Å². The maximum absolute atomic E-state index is 8.63. The quantitative estimate of drug-likeness (QED) is 0.542. The predicted molar refractivity (Wildman–Crippen MR) is 52.6 cm³/mol. The van der Waals surface area contributed by atoms with E-state index in [0.717, 1.165) is 23.6 Å². The summed E-state index contributed by atoms with van der Waals surface area (Å²) >= 11 is 5.77. The van der Waals surface area contributed by atoms with Crippen molar-refractivity contribution in [2.45, 2.75) is 18.8 Å². The van der Waals surface area contributed by atoms with Crippen LogP contribution in [0.4, 0.5) is 0 Å². The fourth-order valence-electron chi connectivity index (χ4n) is 1.59. The topological polar surface area (TPSA) is 32.6 Å². The zero-order valence-electron chi connectivity index (χ0n) is 7.07. The standard InChI is InChI=1S/C10H10ClNO/c11-8-3-1-7(2-4-8)9-5-6-10(9)12-13/h1-4,9,13H,5-6H2. The Morgan fingerprint density at radius 1 is 1.31 bits per heavy atom. The molecule has 0 spiro atoms. The molecule has 1 fully saturated rings. The number of nitrogens with zero attached hydrogens (tertiary/aromatic N) is 1. The van der Waals surface area contributed by atoms with Gasteiger partial charge in [0.1, 0.15) is 0 Å². The Bertz CT molecular complexity index is 331. The highest BCUT2D eigenvalue weighted by atomic mass is 35.5. The third-order valence-corrected chi connectivity index (χ3v) is 2.74. The van der Waals surface area contributed by atoms with E-state index in [9.17, 15) is 0 Å². The van der Waals surface area contributed by atoms with Gasteiger partial charge in [-0.1, -0.05) is 28.9 Å². The molecule has 1 unspecified atom stereocenters. The molecule has 13 heavy (non-hydrogen) atoms. The summed E-state index contributed by atoms with van der Waals surface area (Å²) in [6, 6.07) is 7.70. The van der Waals surface area contributed by atoms with Crippen LogP contribution < -0.4 is 0 Å². The molecule has 1 aliphatic carbocycles. The number of halogens is 1. The molecule has 1 aliphatic rings. The van der Waals surface area contributed by atoms with Crippen LogP contribution >= 0.6 is 11.6 Å². The highest BCUT2D eigenvalue weighted by Crippen LogP contribution is 2.34. The highest BCUT2D eigenvalue weighted by Gasteiger charge is 2.27. The highest BCUT2D eigenvalue weighted by molar-refractivity contribution is 6.30. The van der Waals surface area contributed by atoms with Crippen LogP contribution in [0.2, 0.25) is 5.02 Å². The smallest absolute Gasteiger partial charge is 0.0645 e. The molecule has 0 aromatic heterocycles. The summed E-state index contributed by atoms with van der Waals surface area (Å²) in [5.41, 5.74) is 2.06. The molecule has 1 saturated carbocycles. The fraction of sp³-hybridized carbons (Fsp3) is 0.300. The van der Waals surface area contributed by atoms with Crippen LogP contribution in [-0.2, 0) is 0 Å². The van der Waals surface area contributed by atoms with Crippen molar-refractivity contribution in [1.82, 2.24) is 0 Å². The average molecular weight is 196 g/mol. The first-order chi connectivity index (χ1) is 6.31. The summed E-state index contributed by atoms with van der Waals surface area (Å²) < 4.78 is 0. The van der Waals surface area contributed by atoms with Gasteiger partial charge in [0.2, 0.25) is 0 Å². The Hall–Kier alpha value is -1.02. The van der Waals surface area contributed by atoms with Gasteiger partial charge in [0.15, 0.2) is 0 Å². The SMILES string of the molecule is ON=C1CCC1c1ccc(Cl)cc1. The number of oxime groups is 1.